The van der Waals surface area contributed by atoms with Crippen molar-refractivity contribution in [2.45, 2.75) is 16.7 Å². The minimum Gasteiger partial charge on any atom is -0.507 e. The molecule has 0 aliphatic rings. The molecule has 0 spiro atoms. The molecule has 0 aliphatic carbocycles. The third-order valence-corrected chi connectivity index (χ3v) is 9.23. The van der Waals surface area contributed by atoms with E-state index >= 15 is 0 Å². The van der Waals surface area contributed by atoms with Gasteiger partial charge in [0.05, 0.1) is 0 Å². The first-order valence-electron chi connectivity index (χ1n) is 13.1. The van der Waals surface area contributed by atoms with Crippen LogP contribution in [0.2, 0.25) is 0 Å². The zero-order valence-electron chi connectivity index (χ0n) is 21.7. The van der Waals surface area contributed by atoms with E-state index < -0.39 is 0 Å². The monoisotopic (exact) mass is 536 g/mol. The summed E-state index contributed by atoms with van der Waals surface area (Å²) in [4.78, 5) is 1.38. The smallest absolute Gasteiger partial charge is 0.145 e. The standard InChI is InChI=1S/C35H25BOS2/c1-19-29(35(39)32(36)33(37)34(19)38)31-26-16-8-6-14-24(26)30(25-15-7-9-17-27(25)31)28-18-20-10-2-3-11-21(20)22-12-4-5-13-23(22)28/h2-18,37-39H,36H2,1H3. The van der Waals surface area contributed by atoms with Crippen LogP contribution in [-0.2, 0) is 0 Å². The molecule has 0 aromatic heterocycles. The van der Waals surface area contributed by atoms with Crippen molar-refractivity contribution in [1.82, 2.24) is 0 Å². The fraction of sp³-hybridized carbons (Fsp3) is 0.0286. The van der Waals surface area contributed by atoms with E-state index in [0.717, 1.165) is 37.8 Å². The summed E-state index contributed by atoms with van der Waals surface area (Å²) in [5.74, 6) is 0.192. The Morgan fingerprint density at radius 2 is 1.00 bits per heavy atom. The first-order chi connectivity index (χ1) is 19.0. The van der Waals surface area contributed by atoms with Crippen LogP contribution in [0.4, 0.5) is 0 Å². The lowest BCUT2D eigenvalue weighted by atomic mass is 9.81. The molecule has 39 heavy (non-hydrogen) atoms. The van der Waals surface area contributed by atoms with Crippen LogP contribution in [0.25, 0.3) is 65.3 Å². The number of phenols is 1. The van der Waals surface area contributed by atoms with Crippen LogP contribution in [0.3, 0.4) is 0 Å². The van der Waals surface area contributed by atoms with Gasteiger partial charge in [0.25, 0.3) is 0 Å². The number of aromatic hydroxyl groups is 1. The highest BCUT2D eigenvalue weighted by Crippen LogP contribution is 2.49. The molecule has 0 heterocycles. The molecule has 0 aliphatic heterocycles. The average molecular weight is 537 g/mol. The van der Waals surface area contributed by atoms with Crippen LogP contribution in [0.5, 0.6) is 5.75 Å². The predicted molar refractivity (Wildman–Crippen MR) is 176 cm³/mol. The highest BCUT2D eigenvalue weighted by Gasteiger charge is 2.23. The number of thiol groups is 2. The van der Waals surface area contributed by atoms with Crippen LogP contribution in [0.1, 0.15) is 5.56 Å². The lowest BCUT2D eigenvalue weighted by Gasteiger charge is -2.23. The van der Waals surface area contributed by atoms with E-state index in [0.29, 0.717) is 4.90 Å². The van der Waals surface area contributed by atoms with Gasteiger partial charge in [0, 0.05) is 9.79 Å². The van der Waals surface area contributed by atoms with Gasteiger partial charge in [0.2, 0.25) is 0 Å². The zero-order valence-corrected chi connectivity index (χ0v) is 23.4. The van der Waals surface area contributed by atoms with Crippen molar-refractivity contribution in [1.29, 1.82) is 0 Å². The SMILES string of the molecule is Bc1c(O)c(S)c(C)c(-c2c3ccccc3c(-c3cc4ccccc4c4ccccc34)c3ccccc23)c1S. The van der Waals surface area contributed by atoms with Crippen LogP contribution in [0.15, 0.2) is 113 Å². The molecule has 1 N–H and O–H groups in total. The molecule has 0 unspecified atom stereocenters. The molecular formula is C35H25BOS2. The molecule has 0 saturated heterocycles. The zero-order chi connectivity index (χ0) is 26.8. The number of hydrogen-bond donors (Lipinski definition) is 3. The summed E-state index contributed by atoms with van der Waals surface area (Å²) in [6.07, 6.45) is 0. The molecule has 1 nitrogen and oxygen atoms in total. The van der Waals surface area contributed by atoms with Crippen LogP contribution < -0.4 is 5.46 Å². The number of hydrogen-bond acceptors (Lipinski definition) is 3. The molecule has 7 aromatic rings. The number of rotatable bonds is 2. The van der Waals surface area contributed by atoms with E-state index in [9.17, 15) is 5.11 Å². The van der Waals surface area contributed by atoms with E-state index in [1.807, 2.05) is 14.8 Å². The Morgan fingerprint density at radius 1 is 0.538 bits per heavy atom. The Kier molecular flexibility index (Phi) is 5.66. The summed E-state index contributed by atoms with van der Waals surface area (Å²) < 4.78 is 0. The summed E-state index contributed by atoms with van der Waals surface area (Å²) in [7, 11) is 1.90. The van der Waals surface area contributed by atoms with Gasteiger partial charge in [0.1, 0.15) is 13.6 Å². The van der Waals surface area contributed by atoms with E-state index in [4.69, 9.17) is 25.3 Å². The first kappa shape index (κ1) is 24.2. The Morgan fingerprint density at radius 3 is 1.59 bits per heavy atom. The lowest BCUT2D eigenvalue weighted by Crippen LogP contribution is -2.10. The maximum atomic E-state index is 10.7. The normalized spacial score (nSPS) is 11.7. The van der Waals surface area contributed by atoms with Gasteiger partial charge in [-0.15, -0.1) is 25.3 Å². The molecule has 0 bridgehead atoms. The number of fused-ring (bicyclic) bond motifs is 5. The van der Waals surface area contributed by atoms with Crippen LogP contribution in [0, 0.1) is 6.92 Å². The summed E-state index contributed by atoms with van der Waals surface area (Å²) in [5, 5.41) is 20.4. The first-order valence-corrected chi connectivity index (χ1v) is 14.0. The maximum Gasteiger partial charge on any atom is 0.145 e. The van der Waals surface area contributed by atoms with E-state index in [2.05, 4.69) is 103 Å². The topological polar surface area (TPSA) is 20.2 Å². The van der Waals surface area contributed by atoms with E-state index in [-0.39, 0.29) is 5.75 Å². The minimum absolute atomic E-state index is 0.192. The molecule has 0 atom stereocenters. The quantitative estimate of drug-likeness (QED) is 0.0876. The van der Waals surface area contributed by atoms with Crippen molar-refractivity contribution < 1.29 is 5.11 Å². The molecule has 186 valence electrons. The summed E-state index contributed by atoms with van der Waals surface area (Å²) in [5.41, 5.74) is 6.25. The average Bonchev–Trinajstić information content (AvgIpc) is 2.98. The molecule has 0 radical (unpaired) electrons. The summed E-state index contributed by atoms with van der Waals surface area (Å²) in [6, 6.07) is 37.0. The third-order valence-electron chi connectivity index (χ3n) is 8.12. The molecule has 4 heteroatoms. The predicted octanol–water partition coefficient (Wildman–Crippen LogP) is 8.48. The Balaban J connectivity index is 1.72. The van der Waals surface area contributed by atoms with Gasteiger partial charge in [0.15, 0.2) is 0 Å². The summed E-state index contributed by atoms with van der Waals surface area (Å²) in [6.45, 7) is 2.02. The highest BCUT2D eigenvalue weighted by molar-refractivity contribution is 7.81. The molecule has 7 rings (SSSR count). The van der Waals surface area contributed by atoms with Crippen molar-refractivity contribution >= 4 is 81.7 Å². The second-order valence-corrected chi connectivity index (χ2v) is 11.1. The van der Waals surface area contributed by atoms with Crippen molar-refractivity contribution in [3.05, 3.63) is 109 Å². The second-order valence-electron chi connectivity index (χ2n) is 10.2. The lowest BCUT2D eigenvalue weighted by molar-refractivity contribution is 0.465. The van der Waals surface area contributed by atoms with E-state index in [1.165, 1.54) is 43.4 Å². The molecule has 0 saturated carbocycles. The fourth-order valence-electron chi connectivity index (χ4n) is 6.21. The Bertz CT molecular complexity index is 2040. The van der Waals surface area contributed by atoms with Crippen molar-refractivity contribution in [2.24, 2.45) is 0 Å². The van der Waals surface area contributed by atoms with E-state index in [1.54, 1.807) is 0 Å². The third kappa shape index (κ3) is 3.52. The van der Waals surface area contributed by atoms with Crippen molar-refractivity contribution in [2.75, 3.05) is 0 Å². The van der Waals surface area contributed by atoms with Gasteiger partial charge >= 0.3 is 0 Å². The summed E-state index contributed by atoms with van der Waals surface area (Å²) >= 11 is 9.66. The van der Waals surface area contributed by atoms with Crippen LogP contribution in [-0.4, -0.2) is 13.0 Å². The van der Waals surface area contributed by atoms with Gasteiger partial charge in [-0.05, 0) is 89.4 Å². The Labute approximate surface area is 239 Å². The Hall–Kier alpha value is -3.86. The van der Waals surface area contributed by atoms with Crippen molar-refractivity contribution in [3.63, 3.8) is 0 Å². The number of benzene rings is 7. The van der Waals surface area contributed by atoms with Gasteiger partial charge in [-0.3, -0.25) is 0 Å². The van der Waals surface area contributed by atoms with Crippen LogP contribution >= 0.6 is 25.3 Å². The largest absolute Gasteiger partial charge is 0.507 e. The minimum atomic E-state index is 0.192. The maximum absolute atomic E-state index is 10.7. The molecule has 7 aromatic carbocycles. The second kappa shape index (κ2) is 9.12. The van der Waals surface area contributed by atoms with Gasteiger partial charge in [-0.1, -0.05) is 97.1 Å². The molecule has 0 fully saturated rings. The van der Waals surface area contributed by atoms with Gasteiger partial charge < -0.3 is 5.11 Å². The van der Waals surface area contributed by atoms with Gasteiger partial charge in [-0.25, -0.2) is 0 Å². The number of phenolic OH excluding ortho intramolecular Hbond substituents is 1. The van der Waals surface area contributed by atoms with Gasteiger partial charge in [-0.2, -0.15) is 0 Å². The molecule has 0 amide bonds. The van der Waals surface area contributed by atoms with Crippen molar-refractivity contribution in [3.8, 4) is 28.0 Å². The highest BCUT2D eigenvalue weighted by atomic mass is 32.1. The molecular weight excluding hydrogens is 511 g/mol. The fourth-order valence-corrected chi connectivity index (χ4v) is 6.87.